The predicted octanol–water partition coefficient (Wildman–Crippen LogP) is 4.08. The summed E-state index contributed by atoms with van der Waals surface area (Å²) in [6, 6.07) is 15.4. The lowest BCUT2D eigenvalue weighted by molar-refractivity contribution is -0.385. The molecule has 0 saturated heterocycles. The molecular formula is C16H17BrN2O2. The molecule has 0 spiro atoms. The van der Waals surface area contributed by atoms with E-state index in [4.69, 9.17) is 0 Å². The van der Waals surface area contributed by atoms with Crippen LogP contribution in [-0.2, 0) is 13.0 Å². The van der Waals surface area contributed by atoms with Gasteiger partial charge in [-0.3, -0.25) is 10.1 Å². The van der Waals surface area contributed by atoms with Gasteiger partial charge in [0.2, 0.25) is 0 Å². The zero-order chi connectivity index (χ0) is 15.2. The van der Waals surface area contributed by atoms with Crippen LogP contribution < -0.4 is 5.32 Å². The van der Waals surface area contributed by atoms with Crippen LogP contribution in [0.5, 0.6) is 0 Å². The number of hydrogen-bond acceptors (Lipinski definition) is 3. The zero-order valence-electron chi connectivity index (χ0n) is 11.8. The Balaban J connectivity index is 1.99. The van der Waals surface area contributed by atoms with Crippen LogP contribution >= 0.6 is 15.9 Å². The first-order valence-corrected chi connectivity index (χ1v) is 7.55. The van der Waals surface area contributed by atoms with Crippen molar-refractivity contribution in [3.63, 3.8) is 0 Å². The molecule has 0 saturated carbocycles. The average molecular weight is 349 g/mol. The topological polar surface area (TPSA) is 55.2 Å². The number of rotatable bonds is 6. The highest BCUT2D eigenvalue weighted by molar-refractivity contribution is 9.10. The summed E-state index contributed by atoms with van der Waals surface area (Å²) in [5, 5.41) is 14.4. The molecule has 0 amide bonds. The lowest BCUT2D eigenvalue weighted by Crippen LogP contribution is -2.27. The maximum absolute atomic E-state index is 11.0. The quantitative estimate of drug-likeness (QED) is 0.632. The Bertz CT molecular complexity index is 617. The fraction of sp³-hybridized carbons (Fsp3) is 0.250. The van der Waals surface area contributed by atoms with Gasteiger partial charge in [0.1, 0.15) is 0 Å². The molecule has 0 radical (unpaired) electrons. The van der Waals surface area contributed by atoms with E-state index in [0.29, 0.717) is 12.1 Å². The van der Waals surface area contributed by atoms with Crippen molar-refractivity contribution >= 4 is 21.6 Å². The Morgan fingerprint density at radius 1 is 1.24 bits per heavy atom. The van der Waals surface area contributed by atoms with Crippen LogP contribution in [0.4, 0.5) is 5.69 Å². The molecule has 1 N–H and O–H groups in total. The number of nitrogens with zero attached hydrogens (tertiary/aromatic N) is 1. The summed E-state index contributed by atoms with van der Waals surface area (Å²) >= 11 is 3.36. The molecule has 2 aromatic rings. The first-order valence-electron chi connectivity index (χ1n) is 6.76. The van der Waals surface area contributed by atoms with Crippen molar-refractivity contribution in [2.75, 3.05) is 0 Å². The lowest BCUT2D eigenvalue weighted by atomic mass is 10.1. The number of nitro groups is 1. The van der Waals surface area contributed by atoms with Gasteiger partial charge in [-0.25, -0.2) is 0 Å². The van der Waals surface area contributed by atoms with Crippen molar-refractivity contribution in [2.45, 2.75) is 25.9 Å². The fourth-order valence-corrected chi connectivity index (χ4v) is 2.61. The first-order chi connectivity index (χ1) is 10.1. The van der Waals surface area contributed by atoms with Gasteiger partial charge in [0, 0.05) is 28.7 Å². The van der Waals surface area contributed by atoms with Gasteiger partial charge in [-0.15, -0.1) is 0 Å². The Labute approximate surface area is 132 Å². The minimum atomic E-state index is -0.342. The summed E-state index contributed by atoms with van der Waals surface area (Å²) in [5.41, 5.74) is 2.09. The molecule has 5 heteroatoms. The summed E-state index contributed by atoms with van der Waals surface area (Å²) in [6.45, 7) is 2.56. The van der Waals surface area contributed by atoms with Gasteiger partial charge in [0.25, 0.3) is 5.69 Å². The Morgan fingerprint density at radius 3 is 2.62 bits per heavy atom. The highest BCUT2D eigenvalue weighted by Crippen LogP contribution is 2.23. The van der Waals surface area contributed by atoms with Gasteiger partial charge in [-0.05, 0) is 31.0 Å². The van der Waals surface area contributed by atoms with Crippen LogP contribution in [0.2, 0.25) is 0 Å². The van der Waals surface area contributed by atoms with Crippen molar-refractivity contribution in [2.24, 2.45) is 0 Å². The Hall–Kier alpha value is -1.72. The van der Waals surface area contributed by atoms with Crippen molar-refractivity contribution in [3.05, 3.63) is 74.2 Å². The second kappa shape index (κ2) is 7.33. The van der Waals surface area contributed by atoms with Crippen molar-refractivity contribution < 1.29 is 4.92 Å². The molecule has 2 rings (SSSR count). The van der Waals surface area contributed by atoms with Crippen LogP contribution in [0.25, 0.3) is 0 Å². The van der Waals surface area contributed by atoms with Crippen LogP contribution in [0.15, 0.2) is 53.0 Å². The molecule has 1 unspecified atom stereocenters. The smallest absolute Gasteiger partial charge is 0.273 e. The van der Waals surface area contributed by atoms with E-state index in [1.165, 1.54) is 11.6 Å². The SMILES string of the molecule is CC(Cc1ccccc1)NCc1cc(Br)ccc1[N+](=O)[O-]. The van der Waals surface area contributed by atoms with E-state index in [2.05, 4.69) is 40.3 Å². The van der Waals surface area contributed by atoms with E-state index in [9.17, 15) is 10.1 Å². The normalized spacial score (nSPS) is 12.1. The fourth-order valence-electron chi connectivity index (χ4n) is 2.20. The molecule has 0 aliphatic heterocycles. The maximum atomic E-state index is 11.0. The van der Waals surface area contributed by atoms with E-state index in [0.717, 1.165) is 10.9 Å². The van der Waals surface area contributed by atoms with Crippen molar-refractivity contribution in [1.82, 2.24) is 5.32 Å². The molecule has 0 bridgehead atoms. The monoisotopic (exact) mass is 348 g/mol. The molecule has 0 aliphatic rings. The molecule has 2 aromatic carbocycles. The third kappa shape index (κ3) is 4.65. The van der Waals surface area contributed by atoms with Gasteiger partial charge in [0.15, 0.2) is 0 Å². The lowest BCUT2D eigenvalue weighted by Gasteiger charge is -2.14. The summed E-state index contributed by atoms with van der Waals surface area (Å²) in [6.07, 6.45) is 0.892. The highest BCUT2D eigenvalue weighted by Gasteiger charge is 2.14. The third-order valence-corrected chi connectivity index (χ3v) is 3.76. The average Bonchev–Trinajstić information content (AvgIpc) is 2.46. The predicted molar refractivity (Wildman–Crippen MR) is 87.2 cm³/mol. The Morgan fingerprint density at radius 2 is 1.95 bits per heavy atom. The van der Waals surface area contributed by atoms with Crippen LogP contribution in [0.1, 0.15) is 18.1 Å². The summed E-state index contributed by atoms with van der Waals surface area (Å²) < 4.78 is 0.848. The summed E-state index contributed by atoms with van der Waals surface area (Å²) in [7, 11) is 0. The van der Waals surface area contributed by atoms with Crippen LogP contribution in [0, 0.1) is 10.1 Å². The number of nitrogens with one attached hydrogen (secondary N) is 1. The molecule has 21 heavy (non-hydrogen) atoms. The van der Waals surface area contributed by atoms with Gasteiger partial charge in [-0.1, -0.05) is 46.3 Å². The molecule has 0 aliphatic carbocycles. The molecule has 1 atom stereocenters. The highest BCUT2D eigenvalue weighted by atomic mass is 79.9. The van der Waals surface area contributed by atoms with Gasteiger partial charge >= 0.3 is 0 Å². The molecular weight excluding hydrogens is 332 g/mol. The second-order valence-corrected chi connectivity index (χ2v) is 5.92. The molecule has 0 fully saturated rings. The van der Waals surface area contributed by atoms with Gasteiger partial charge in [-0.2, -0.15) is 0 Å². The first kappa shape index (κ1) is 15.7. The Kier molecular flexibility index (Phi) is 5.47. The second-order valence-electron chi connectivity index (χ2n) is 5.00. The largest absolute Gasteiger partial charge is 0.310 e. The standard InChI is InChI=1S/C16H17BrN2O2/c1-12(9-13-5-3-2-4-6-13)18-11-14-10-15(17)7-8-16(14)19(20)21/h2-8,10,12,18H,9,11H2,1H3. The van der Waals surface area contributed by atoms with Crippen molar-refractivity contribution in [1.29, 1.82) is 0 Å². The molecule has 0 aromatic heterocycles. The van der Waals surface area contributed by atoms with E-state index in [1.807, 2.05) is 18.2 Å². The van der Waals surface area contributed by atoms with E-state index < -0.39 is 0 Å². The molecule has 0 heterocycles. The van der Waals surface area contributed by atoms with E-state index in [1.54, 1.807) is 12.1 Å². The number of nitro benzene ring substituents is 1. The number of hydrogen-bond donors (Lipinski definition) is 1. The minimum Gasteiger partial charge on any atom is -0.310 e. The maximum Gasteiger partial charge on any atom is 0.273 e. The van der Waals surface area contributed by atoms with E-state index >= 15 is 0 Å². The summed E-state index contributed by atoms with van der Waals surface area (Å²) in [5.74, 6) is 0. The molecule has 4 nitrogen and oxygen atoms in total. The minimum absolute atomic E-state index is 0.151. The number of benzene rings is 2. The number of halogens is 1. The van der Waals surface area contributed by atoms with Crippen LogP contribution in [-0.4, -0.2) is 11.0 Å². The van der Waals surface area contributed by atoms with Crippen LogP contribution in [0.3, 0.4) is 0 Å². The molecule has 110 valence electrons. The van der Waals surface area contributed by atoms with Gasteiger partial charge < -0.3 is 5.32 Å². The van der Waals surface area contributed by atoms with Gasteiger partial charge in [0.05, 0.1) is 4.92 Å². The van der Waals surface area contributed by atoms with Crippen molar-refractivity contribution in [3.8, 4) is 0 Å². The third-order valence-electron chi connectivity index (χ3n) is 3.26. The zero-order valence-corrected chi connectivity index (χ0v) is 13.3. The summed E-state index contributed by atoms with van der Waals surface area (Å²) in [4.78, 5) is 10.7. The van der Waals surface area contributed by atoms with E-state index in [-0.39, 0.29) is 16.7 Å².